The molecular weight excluding hydrogens is 302 g/mol. The number of aromatic nitrogens is 2. The molecule has 0 aromatic carbocycles. The number of nitrogens with zero attached hydrogens (tertiary/aromatic N) is 2. The lowest BCUT2D eigenvalue weighted by Crippen LogP contribution is -2.62. The van der Waals surface area contributed by atoms with E-state index in [-0.39, 0.29) is 24.0 Å². The molecule has 1 aliphatic carbocycles. The molecule has 118 valence electrons. The van der Waals surface area contributed by atoms with Crippen LogP contribution in [0.25, 0.3) is 4.96 Å². The summed E-state index contributed by atoms with van der Waals surface area (Å²) >= 11 is 1.49. The predicted molar refractivity (Wildman–Crippen MR) is 82.3 cm³/mol. The van der Waals surface area contributed by atoms with Crippen LogP contribution in [0.1, 0.15) is 22.6 Å². The molecule has 2 aliphatic rings. The van der Waals surface area contributed by atoms with Crippen molar-refractivity contribution >= 4 is 22.2 Å². The zero-order valence-electron chi connectivity index (χ0n) is 12.6. The Morgan fingerprint density at radius 2 is 2.50 bits per heavy atom. The Bertz CT molecular complexity index is 710. The third-order valence-electron chi connectivity index (χ3n) is 4.75. The Morgan fingerprint density at radius 1 is 1.64 bits per heavy atom. The third kappa shape index (κ3) is 2.07. The summed E-state index contributed by atoms with van der Waals surface area (Å²) in [6.07, 6.45) is 3.15. The van der Waals surface area contributed by atoms with Crippen LogP contribution in [0.2, 0.25) is 0 Å². The summed E-state index contributed by atoms with van der Waals surface area (Å²) in [6.45, 7) is 3.34. The summed E-state index contributed by atoms with van der Waals surface area (Å²) in [7, 11) is 1.69. The first-order chi connectivity index (χ1) is 10.7. The number of hydrogen-bond donors (Lipinski definition) is 1. The molecule has 2 aromatic heterocycles. The van der Waals surface area contributed by atoms with E-state index in [1.165, 1.54) is 11.3 Å². The van der Waals surface area contributed by atoms with Gasteiger partial charge in [-0.15, -0.1) is 11.3 Å². The molecule has 1 saturated heterocycles. The lowest BCUT2D eigenvalue weighted by atomic mass is 9.67. The lowest BCUT2D eigenvalue weighted by Gasteiger charge is -2.47. The number of fused-ring (bicyclic) bond motifs is 2. The Morgan fingerprint density at radius 3 is 3.32 bits per heavy atom. The van der Waals surface area contributed by atoms with Crippen molar-refractivity contribution in [2.24, 2.45) is 11.8 Å². The third-order valence-corrected chi connectivity index (χ3v) is 5.59. The van der Waals surface area contributed by atoms with Crippen molar-refractivity contribution in [1.29, 1.82) is 0 Å². The van der Waals surface area contributed by atoms with Crippen LogP contribution in [0.5, 0.6) is 0 Å². The second-order valence-electron chi connectivity index (χ2n) is 6.06. The molecule has 0 bridgehead atoms. The first-order valence-corrected chi connectivity index (χ1v) is 8.41. The van der Waals surface area contributed by atoms with Gasteiger partial charge in [-0.3, -0.25) is 9.20 Å². The number of methoxy groups -OCH3 is 1. The first kappa shape index (κ1) is 14.2. The minimum absolute atomic E-state index is 0.0416. The van der Waals surface area contributed by atoms with E-state index in [1.807, 2.05) is 22.9 Å². The number of hydrogen-bond acceptors (Lipinski definition) is 5. The SMILES string of the molecule is COC[C@@H]1[C@@H](NC(=O)c2csc3nc(C)cn23)[C@@H]2CCO[C@H]12. The number of imidazole rings is 1. The quantitative estimate of drug-likeness (QED) is 0.926. The van der Waals surface area contributed by atoms with Crippen molar-refractivity contribution in [2.45, 2.75) is 25.5 Å². The van der Waals surface area contributed by atoms with Gasteiger partial charge >= 0.3 is 0 Å². The van der Waals surface area contributed by atoms with Gasteiger partial charge < -0.3 is 14.8 Å². The average Bonchev–Trinajstić information content (AvgIpc) is 3.15. The second kappa shape index (κ2) is 5.33. The highest BCUT2D eigenvalue weighted by Crippen LogP contribution is 2.43. The molecule has 22 heavy (non-hydrogen) atoms. The topological polar surface area (TPSA) is 64.9 Å². The Hall–Kier alpha value is -1.44. The first-order valence-electron chi connectivity index (χ1n) is 7.53. The fraction of sp³-hybridized carbons (Fsp3) is 0.600. The van der Waals surface area contributed by atoms with E-state index in [2.05, 4.69) is 10.3 Å². The number of thiazole rings is 1. The standard InChI is InChI=1S/C15H19N3O3S/c1-8-5-18-11(7-22-15(18)16-8)14(19)17-12-9-3-4-21-13(9)10(12)6-20-2/h5,7,9-10,12-13H,3-4,6H2,1-2H3,(H,17,19)/t9-,10+,12-,13-/m0/s1. The van der Waals surface area contributed by atoms with Gasteiger partial charge in [0.15, 0.2) is 4.96 Å². The molecule has 1 amide bonds. The van der Waals surface area contributed by atoms with Gasteiger partial charge in [0.2, 0.25) is 0 Å². The molecule has 0 unspecified atom stereocenters. The summed E-state index contributed by atoms with van der Waals surface area (Å²) in [5, 5.41) is 5.05. The van der Waals surface area contributed by atoms with Crippen molar-refractivity contribution in [2.75, 3.05) is 20.3 Å². The lowest BCUT2D eigenvalue weighted by molar-refractivity contribution is -0.0810. The molecule has 2 aromatic rings. The van der Waals surface area contributed by atoms with Gasteiger partial charge in [0.25, 0.3) is 5.91 Å². The summed E-state index contributed by atoms with van der Waals surface area (Å²) in [6, 6.07) is 0.138. The number of carbonyl (C=O) groups is 1. The minimum atomic E-state index is -0.0416. The fourth-order valence-corrected chi connectivity index (χ4v) is 4.62. The molecule has 7 heteroatoms. The highest BCUT2D eigenvalue weighted by Gasteiger charge is 2.54. The Labute approximate surface area is 132 Å². The van der Waals surface area contributed by atoms with E-state index in [4.69, 9.17) is 9.47 Å². The zero-order chi connectivity index (χ0) is 15.3. The Balaban J connectivity index is 1.53. The summed E-state index contributed by atoms with van der Waals surface area (Å²) in [5.41, 5.74) is 1.57. The van der Waals surface area contributed by atoms with Crippen LogP contribution in [0.4, 0.5) is 0 Å². The smallest absolute Gasteiger partial charge is 0.269 e. The average molecular weight is 321 g/mol. The van der Waals surface area contributed by atoms with Crippen LogP contribution in [-0.4, -0.2) is 47.8 Å². The molecule has 0 radical (unpaired) electrons. The predicted octanol–water partition coefficient (Wildman–Crippen LogP) is 1.48. The van der Waals surface area contributed by atoms with Crippen molar-refractivity contribution < 1.29 is 14.3 Å². The number of nitrogens with one attached hydrogen (secondary N) is 1. The minimum Gasteiger partial charge on any atom is -0.384 e. The molecule has 2 fully saturated rings. The molecule has 0 spiro atoms. The van der Waals surface area contributed by atoms with Gasteiger partial charge in [0, 0.05) is 43.2 Å². The van der Waals surface area contributed by atoms with Gasteiger partial charge in [-0.05, 0) is 13.3 Å². The van der Waals surface area contributed by atoms with Crippen molar-refractivity contribution in [3.8, 4) is 0 Å². The normalized spacial score (nSPS) is 30.3. The maximum absolute atomic E-state index is 12.6. The number of amides is 1. The number of rotatable bonds is 4. The van der Waals surface area contributed by atoms with E-state index in [0.29, 0.717) is 18.2 Å². The van der Waals surface area contributed by atoms with E-state index in [0.717, 1.165) is 23.7 Å². The highest BCUT2D eigenvalue weighted by molar-refractivity contribution is 7.15. The van der Waals surface area contributed by atoms with Gasteiger partial charge in [-0.2, -0.15) is 0 Å². The molecule has 1 aliphatic heterocycles. The van der Waals surface area contributed by atoms with E-state index in [9.17, 15) is 4.79 Å². The van der Waals surface area contributed by atoms with Crippen LogP contribution in [0, 0.1) is 18.8 Å². The fourth-order valence-electron chi connectivity index (χ4n) is 3.72. The van der Waals surface area contributed by atoms with Gasteiger partial charge in [-0.25, -0.2) is 4.98 Å². The van der Waals surface area contributed by atoms with E-state index < -0.39 is 0 Å². The number of carbonyl (C=O) groups excluding carboxylic acids is 1. The summed E-state index contributed by atoms with van der Waals surface area (Å²) in [4.78, 5) is 17.9. The van der Waals surface area contributed by atoms with Gasteiger partial charge in [0.1, 0.15) is 5.69 Å². The molecular formula is C15H19N3O3S. The van der Waals surface area contributed by atoms with Crippen LogP contribution in [-0.2, 0) is 9.47 Å². The van der Waals surface area contributed by atoms with Crippen molar-refractivity contribution in [3.05, 3.63) is 23.0 Å². The molecule has 1 N–H and O–H groups in total. The largest absolute Gasteiger partial charge is 0.384 e. The van der Waals surface area contributed by atoms with Crippen LogP contribution in [0.3, 0.4) is 0 Å². The maximum Gasteiger partial charge on any atom is 0.269 e. The van der Waals surface area contributed by atoms with Crippen molar-refractivity contribution in [1.82, 2.24) is 14.7 Å². The van der Waals surface area contributed by atoms with E-state index >= 15 is 0 Å². The zero-order valence-corrected chi connectivity index (χ0v) is 13.4. The second-order valence-corrected chi connectivity index (χ2v) is 6.90. The summed E-state index contributed by atoms with van der Waals surface area (Å²) in [5.74, 6) is 0.628. The van der Waals surface area contributed by atoms with Crippen LogP contribution in [0.15, 0.2) is 11.6 Å². The molecule has 3 heterocycles. The monoisotopic (exact) mass is 321 g/mol. The molecule has 6 nitrogen and oxygen atoms in total. The number of ether oxygens (including phenoxy) is 2. The Kier molecular flexibility index (Phi) is 3.43. The molecule has 4 rings (SSSR count). The van der Waals surface area contributed by atoms with Gasteiger partial charge in [0.05, 0.1) is 18.4 Å². The summed E-state index contributed by atoms with van der Waals surface area (Å²) < 4.78 is 12.9. The van der Waals surface area contributed by atoms with E-state index in [1.54, 1.807) is 7.11 Å². The molecule has 1 saturated carbocycles. The van der Waals surface area contributed by atoms with Crippen molar-refractivity contribution in [3.63, 3.8) is 0 Å². The van der Waals surface area contributed by atoms with Gasteiger partial charge in [-0.1, -0.05) is 0 Å². The van der Waals surface area contributed by atoms with Crippen LogP contribution < -0.4 is 5.32 Å². The molecule has 4 atom stereocenters. The maximum atomic E-state index is 12.6. The van der Waals surface area contributed by atoms with Crippen LogP contribution >= 0.6 is 11.3 Å². The highest BCUT2D eigenvalue weighted by atomic mass is 32.1. The number of aryl methyl sites for hydroxylation is 1.